The van der Waals surface area contributed by atoms with Crippen LogP contribution >= 0.6 is 0 Å². The molecular formula is C28H40N6O3. The van der Waals surface area contributed by atoms with Gasteiger partial charge < -0.3 is 15.0 Å². The predicted molar refractivity (Wildman–Crippen MR) is 142 cm³/mol. The number of benzene rings is 1. The monoisotopic (exact) mass is 508 g/mol. The van der Waals surface area contributed by atoms with Crippen molar-refractivity contribution in [2.24, 2.45) is 10.9 Å². The molecule has 5 rings (SSSR count). The van der Waals surface area contributed by atoms with Gasteiger partial charge in [0.15, 0.2) is 6.23 Å². The van der Waals surface area contributed by atoms with Crippen molar-refractivity contribution in [2.75, 3.05) is 21.2 Å². The summed E-state index contributed by atoms with van der Waals surface area (Å²) in [4.78, 5) is 33.7. The molecule has 1 aromatic carbocycles. The van der Waals surface area contributed by atoms with Crippen molar-refractivity contribution in [2.45, 2.75) is 81.3 Å². The molecule has 0 radical (unpaired) electrons. The maximum atomic E-state index is 12.6. The number of ether oxygens (including phenoxy) is 1. The minimum Gasteiger partial charge on any atom is -0.356 e. The van der Waals surface area contributed by atoms with Crippen LogP contribution in [0.4, 0.5) is 0 Å². The quantitative estimate of drug-likeness (QED) is 0.465. The van der Waals surface area contributed by atoms with Crippen molar-refractivity contribution in [3.63, 3.8) is 0 Å². The maximum Gasteiger partial charge on any atom is 0.291 e. The van der Waals surface area contributed by atoms with Crippen LogP contribution in [-0.2, 0) is 19.9 Å². The van der Waals surface area contributed by atoms with Gasteiger partial charge in [-0.1, -0.05) is 36.8 Å². The lowest BCUT2D eigenvalue weighted by atomic mass is 9.68. The number of carbonyl (C=O) groups is 2. The molecule has 0 aromatic heterocycles. The van der Waals surface area contributed by atoms with Gasteiger partial charge in [0.05, 0.1) is 24.4 Å². The molecule has 1 aromatic rings. The van der Waals surface area contributed by atoms with Crippen LogP contribution in [0.3, 0.4) is 0 Å². The molecule has 1 spiro atoms. The highest BCUT2D eigenvalue weighted by Crippen LogP contribution is 2.47. The van der Waals surface area contributed by atoms with Crippen molar-refractivity contribution < 1.29 is 14.3 Å². The van der Waals surface area contributed by atoms with Gasteiger partial charge in [0.2, 0.25) is 5.78 Å². The van der Waals surface area contributed by atoms with E-state index in [9.17, 15) is 9.59 Å². The van der Waals surface area contributed by atoms with E-state index < -0.39 is 12.1 Å². The number of hydrogen-bond donors (Lipinski definition) is 3. The van der Waals surface area contributed by atoms with Gasteiger partial charge in [-0.05, 0) is 64.1 Å². The standard InChI is InChI=1S/C28H40N6O3/c1-33(2)28(21-10-5-4-6-11-21)14-12-27(13-15-28)17-24(31-32-27)34-19-29-18-22(26(34)37-3)30-25(36)23(35)16-20-8-7-9-20/h4-6,10-11,18-20,24,26,31-32H,7-9,12-17H2,1-3H3,(H,30,36)/t24-,26?,27?,28?/m1/s1. The van der Waals surface area contributed by atoms with E-state index in [1.807, 2.05) is 4.90 Å². The van der Waals surface area contributed by atoms with Gasteiger partial charge >= 0.3 is 0 Å². The van der Waals surface area contributed by atoms with Crippen LogP contribution in [0, 0.1) is 5.92 Å². The maximum absolute atomic E-state index is 12.6. The number of hydrazine groups is 1. The fourth-order valence-corrected chi connectivity index (χ4v) is 6.42. The Labute approximate surface area is 219 Å². The summed E-state index contributed by atoms with van der Waals surface area (Å²) in [7, 11) is 5.97. The first kappa shape index (κ1) is 26.0. The number of ketones is 1. The molecule has 1 saturated heterocycles. The van der Waals surface area contributed by atoms with Gasteiger partial charge in [-0.2, -0.15) is 0 Å². The Kier molecular flexibility index (Phi) is 7.49. The molecule has 0 bridgehead atoms. The van der Waals surface area contributed by atoms with E-state index in [1.165, 1.54) is 5.56 Å². The van der Waals surface area contributed by atoms with Gasteiger partial charge in [-0.15, -0.1) is 0 Å². The van der Waals surface area contributed by atoms with Crippen LogP contribution in [0.25, 0.3) is 0 Å². The van der Waals surface area contributed by atoms with Crippen molar-refractivity contribution in [3.05, 3.63) is 47.8 Å². The molecule has 1 amide bonds. The molecule has 2 atom stereocenters. The Morgan fingerprint density at radius 1 is 1.16 bits per heavy atom. The third-order valence-electron chi connectivity index (χ3n) is 9.03. The van der Waals surface area contributed by atoms with Crippen molar-refractivity contribution >= 4 is 18.0 Å². The molecule has 200 valence electrons. The molecule has 3 N–H and O–H groups in total. The summed E-state index contributed by atoms with van der Waals surface area (Å²) >= 11 is 0. The van der Waals surface area contributed by atoms with E-state index >= 15 is 0 Å². The molecule has 3 fully saturated rings. The summed E-state index contributed by atoms with van der Waals surface area (Å²) in [5, 5.41) is 2.78. The number of methoxy groups -OCH3 is 1. The smallest absolute Gasteiger partial charge is 0.291 e. The van der Waals surface area contributed by atoms with Gasteiger partial charge in [0.1, 0.15) is 0 Å². The molecule has 2 heterocycles. The molecular weight excluding hydrogens is 468 g/mol. The normalized spacial score (nSPS) is 31.9. The average molecular weight is 509 g/mol. The van der Waals surface area contributed by atoms with Crippen LogP contribution in [-0.4, -0.2) is 67.0 Å². The fraction of sp³-hybridized carbons (Fsp3) is 0.607. The van der Waals surface area contributed by atoms with Crippen LogP contribution in [0.2, 0.25) is 0 Å². The van der Waals surface area contributed by atoms with Crippen LogP contribution in [0.1, 0.15) is 63.4 Å². The highest BCUT2D eigenvalue weighted by Gasteiger charge is 2.49. The number of aliphatic imine (C=N–C) groups is 1. The number of carbonyl (C=O) groups excluding carboxylic acids is 2. The van der Waals surface area contributed by atoms with Crippen molar-refractivity contribution in [1.29, 1.82) is 0 Å². The SMILES string of the molecule is COC1C(NC(=O)C(=O)CC2CCC2)=CN=CN1[C@@H]1CC2(CCC(c3ccccc3)(N(C)C)CC2)NN1. The van der Waals surface area contributed by atoms with Crippen LogP contribution in [0.5, 0.6) is 0 Å². The second-order valence-corrected chi connectivity index (χ2v) is 11.3. The zero-order valence-corrected chi connectivity index (χ0v) is 22.2. The highest BCUT2D eigenvalue weighted by atomic mass is 16.5. The Morgan fingerprint density at radius 2 is 1.89 bits per heavy atom. The zero-order valence-electron chi connectivity index (χ0n) is 22.2. The van der Waals surface area contributed by atoms with Gasteiger partial charge in [-0.3, -0.25) is 14.5 Å². The summed E-state index contributed by atoms with van der Waals surface area (Å²) in [5.41, 5.74) is 8.93. The van der Waals surface area contributed by atoms with Gasteiger partial charge in [0, 0.05) is 31.0 Å². The van der Waals surface area contributed by atoms with Gasteiger partial charge in [-0.25, -0.2) is 15.8 Å². The number of amides is 1. The highest BCUT2D eigenvalue weighted by molar-refractivity contribution is 6.36. The summed E-state index contributed by atoms with van der Waals surface area (Å²) in [5.74, 6) is -0.606. The minimum atomic E-state index is -0.584. The second kappa shape index (κ2) is 10.6. The first-order chi connectivity index (χ1) is 17.9. The zero-order chi connectivity index (χ0) is 26.0. The number of hydrogen-bond acceptors (Lipinski definition) is 8. The van der Waals surface area contributed by atoms with Gasteiger partial charge in [0.25, 0.3) is 5.91 Å². The van der Waals surface area contributed by atoms with E-state index in [2.05, 4.69) is 70.5 Å². The Bertz CT molecular complexity index is 1040. The Balaban J connectivity index is 1.22. The molecule has 2 saturated carbocycles. The molecule has 2 aliphatic carbocycles. The number of nitrogens with one attached hydrogen (secondary N) is 3. The Hall–Kier alpha value is -2.59. The van der Waals surface area contributed by atoms with Crippen LogP contribution < -0.4 is 16.2 Å². The third kappa shape index (κ3) is 5.10. The number of nitrogens with zero attached hydrogens (tertiary/aromatic N) is 3. The van der Waals surface area contributed by atoms with E-state index in [1.54, 1.807) is 19.6 Å². The Morgan fingerprint density at radius 3 is 2.51 bits per heavy atom. The summed E-state index contributed by atoms with van der Waals surface area (Å²) in [6, 6.07) is 10.8. The molecule has 1 unspecified atom stereocenters. The average Bonchev–Trinajstić information content (AvgIpc) is 3.30. The lowest BCUT2D eigenvalue weighted by molar-refractivity contribution is -0.138. The molecule has 4 aliphatic rings. The largest absolute Gasteiger partial charge is 0.356 e. The first-order valence-electron chi connectivity index (χ1n) is 13.5. The topological polar surface area (TPSA) is 98.3 Å². The summed E-state index contributed by atoms with van der Waals surface area (Å²) < 4.78 is 5.79. The lowest BCUT2D eigenvalue weighted by Crippen LogP contribution is -2.54. The first-order valence-corrected chi connectivity index (χ1v) is 13.5. The predicted octanol–water partition coefficient (Wildman–Crippen LogP) is 2.61. The van der Waals surface area contributed by atoms with Crippen LogP contribution in [0.15, 0.2) is 47.2 Å². The molecule has 2 aliphatic heterocycles. The van der Waals surface area contributed by atoms with E-state index in [0.717, 1.165) is 51.4 Å². The van der Waals surface area contributed by atoms with E-state index in [-0.39, 0.29) is 23.0 Å². The minimum absolute atomic E-state index is 0.0279. The lowest BCUT2D eigenvalue weighted by Gasteiger charge is -2.49. The molecule has 9 nitrogen and oxygen atoms in total. The number of Topliss-reactive ketones (excluding diaryl/α,β-unsaturated/α-hetero) is 1. The van der Waals surface area contributed by atoms with Crippen molar-refractivity contribution in [3.8, 4) is 0 Å². The van der Waals surface area contributed by atoms with E-state index in [4.69, 9.17) is 4.74 Å². The second-order valence-electron chi connectivity index (χ2n) is 11.3. The summed E-state index contributed by atoms with van der Waals surface area (Å²) in [6.07, 6.45) is 11.3. The third-order valence-corrected chi connectivity index (χ3v) is 9.03. The van der Waals surface area contributed by atoms with E-state index in [0.29, 0.717) is 18.0 Å². The number of rotatable bonds is 8. The van der Waals surface area contributed by atoms with Crippen molar-refractivity contribution in [1.82, 2.24) is 26.0 Å². The summed E-state index contributed by atoms with van der Waals surface area (Å²) in [6.45, 7) is 0. The fourth-order valence-electron chi connectivity index (χ4n) is 6.42. The molecule has 37 heavy (non-hydrogen) atoms. The molecule has 9 heteroatoms.